The molecule has 0 saturated carbocycles. The predicted octanol–water partition coefficient (Wildman–Crippen LogP) is 5.36. The summed E-state index contributed by atoms with van der Waals surface area (Å²) in [6, 6.07) is 12.3. The van der Waals surface area contributed by atoms with Crippen molar-refractivity contribution in [2.45, 2.75) is 0 Å². The number of carbonyl (C=O) groups excluding carboxylic acids is 1. The van der Waals surface area contributed by atoms with Gasteiger partial charge in [0.05, 0.1) is 44.0 Å². The Morgan fingerprint density at radius 2 is 1.88 bits per heavy atom. The van der Waals surface area contributed by atoms with Crippen molar-refractivity contribution < 1.29 is 23.4 Å². The fourth-order valence-corrected chi connectivity index (χ4v) is 4.45. The van der Waals surface area contributed by atoms with Gasteiger partial charge in [0.2, 0.25) is 10.9 Å². The zero-order valence-electron chi connectivity index (χ0n) is 17.4. The fourth-order valence-electron chi connectivity index (χ4n) is 2.97. The molecule has 8 nitrogen and oxygen atoms in total. The summed E-state index contributed by atoms with van der Waals surface area (Å²) >= 11 is 4.80. The molecule has 0 bridgehead atoms. The van der Waals surface area contributed by atoms with Crippen molar-refractivity contribution in [1.29, 1.82) is 0 Å². The van der Waals surface area contributed by atoms with Gasteiger partial charge in [0, 0.05) is 10.0 Å². The molecule has 10 heteroatoms. The molecule has 0 N–H and O–H groups in total. The molecule has 0 aliphatic carbocycles. The molecule has 2 aromatic heterocycles. The number of carbonyl (C=O) groups is 1. The number of furan rings is 1. The molecule has 0 radical (unpaired) electrons. The molecular formula is C22H18BrN3O5S. The van der Waals surface area contributed by atoms with Crippen molar-refractivity contribution in [2.24, 2.45) is 5.10 Å². The third-order valence-corrected chi connectivity index (χ3v) is 5.96. The largest absolute Gasteiger partial charge is 0.493 e. The van der Waals surface area contributed by atoms with Crippen LogP contribution in [0.2, 0.25) is 0 Å². The number of halogens is 1. The highest BCUT2D eigenvalue weighted by atomic mass is 79.9. The number of amides is 1. The average molecular weight is 516 g/mol. The summed E-state index contributed by atoms with van der Waals surface area (Å²) in [5.74, 6) is 1.18. The van der Waals surface area contributed by atoms with Crippen LogP contribution in [0.4, 0.5) is 5.13 Å². The number of aromatic nitrogens is 1. The first-order chi connectivity index (χ1) is 15.5. The van der Waals surface area contributed by atoms with Crippen LogP contribution in [0.15, 0.2) is 62.7 Å². The molecule has 0 fully saturated rings. The summed E-state index contributed by atoms with van der Waals surface area (Å²) in [4.78, 5) is 18.2. The van der Waals surface area contributed by atoms with E-state index >= 15 is 0 Å². The molecule has 32 heavy (non-hydrogen) atoms. The zero-order valence-corrected chi connectivity index (χ0v) is 19.8. The van der Waals surface area contributed by atoms with Gasteiger partial charge in [-0.05, 0) is 42.5 Å². The first kappa shape index (κ1) is 21.8. The van der Waals surface area contributed by atoms with E-state index in [1.807, 2.05) is 18.2 Å². The van der Waals surface area contributed by atoms with Gasteiger partial charge in [-0.25, -0.2) is 4.98 Å². The lowest BCUT2D eigenvalue weighted by Gasteiger charge is -2.17. The number of hydrogen-bond donors (Lipinski definition) is 0. The first-order valence-corrected chi connectivity index (χ1v) is 10.9. The highest BCUT2D eigenvalue weighted by molar-refractivity contribution is 9.10. The minimum Gasteiger partial charge on any atom is -0.493 e. The Morgan fingerprint density at radius 1 is 1.12 bits per heavy atom. The van der Waals surface area contributed by atoms with Crippen molar-refractivity contribution in [3.05, 3.63) is 64.5 Å². The second kappa shape index (κ2) is 9.41. The molecule has 0 unspecified atom stereocenters. The van der Waals surface area contributed by atoms with Gasteiger partial charge in [-0.1, -0.05) is 27.3 Å². The molecule has 2 heterocycles. The van der Waals surface area contributed by atoms with E-state index in [-0.39, 0.29) is 5.56 Å². The normalized spacial score (nSPS) is 11.1. The quantitative estimate of drug-likeness (QED) is 0.243. The van der Waals surface area contributed by atoms with Crippen LogP contribution in [0.3, 0.4) is 0 Å². The topological polar surface area (TPSA) is 86.4 Å². The van der Waals surface area contributed by atoms with Gasteiger partial charge < -0.3 is 18.6 Å². The molecule has 0 saturated heterocycles. The third-order valence-electron chi connectivity index (χ3n) is 4.47. The number of thiazole rings is 1. The second-order valence-corrected chi connectivity index (χ2v) is 8.32. The second-order valence-electron chi connectivity index (χ2n) is 6.40. The predicted molar refractivity (Wildman–Crippen MR) is 127 cm³/mol. The van der Waals surface area contributed by atoms with Crippen LogP contribution in [0.5, 0.6) is 17.2 Å². The third kappa shape index (κ3) is 4.32. The van der Waals surface area contributed by atoms with Crippen LogP contribution in [0.25, 0.3) is 10.2 Å². The number of hydrazone groups is 1. The van der Waals surface area contributed by atoms with E-state index in [9.17, 15) is 4.79 Å². The van der Waals surface area contributed by atoms with Crippen molar-refractivity contribution in [3.63, 3.8) is 0 Å². The zero-order chi connectivity index (χ0) is 22.7. The lowest BCUT2D eigenvalue weighted by Crippen LogP contribution is -2.25. The van der Waals surface area contributed by atoms with Crippen molar-refractivity contribution in [3.8, 4) is 17.2 Å². The highest BCUT2D eigenvalue weighted by Crippen LogP contribution is 2.39. The number of hydrogen-bond acceptors (Lipinski definition) is 8. The molecule has 164 valence electrons. The van der Waals surface area contributed by atoms with Crippen molar-refractivity contribution >= 4 is 54.7 Å². The lowest BCUT2D eigenvalue weighted by atomic mass is 10.1. The summed E-state index contributed by atoms with van der Waals surface area (Å²) in [5.41, 5.74) is 1.04. The average Bonchev–Trinajstić information content (AvgIpc) is 3.47. The van der Waals surface area contributed by atoms with E-state index in [0.717, 1.165) is 14.7 Å². The summed E-state index contributed by atoms with van der Waals surface area (Å²) in [6.45, 7) is 0. The lowest BCUT2D eigenvalue weighted by molar-refractivity contribution is 0.0987. The Kier molecular flexibility index (Phi) is 6.42. The van der Waals surface area contributed by atoms with Crippen molar-refractivity contribution in [1.82, 2.24) is 4.98 Å². The van der Waals surface area contributed by atoms with Gasteiger partial charge in [-0.2, -0.15) is 10.1 Å². The SMILES string of the molecule is COc1cc(C(=O)N(/N=C/c2ccco2)c2nc3ccc(Br)cc3s2)cc(OC)c1OC. The summed E-state index contributed by atoms with van der Waals surface area (Å²) in [5, 5.41) is 6.00. The van der Waals surface area contributed by atoms with E-state index in [1.165, 1.54) is 50.2 Å². The number of fused-ring (bicyclic) bond motifs is 1. The van der Waals surface area contributed by atoms with Crippen molar-refractivity contribution in [2.75, 3.05) is 26.3 Å². The van der Waals surface area contributed by atoms with Gasteiger partial charge in [-0.15, -0.1) is 0 Å². The first-order valence-electron chi connectivity index (χ1n) is 9.32. The maximum absolute atomic E-state index is 13.6. The Balaban J connectivity index is 1.81. The number of benzene rings is 2. The smallest absolute Gasteiger partial charge is 0.281 e. The summed E-state index contributed by atoms with van der Waals surface area (Å²) in [6.07, 6.45) is 2.99. The Labute approximate surface area is 196 Å². The van der Waals surface area contributed by atoms with E-state index in [2.05, 4.69) is 26.0 Å². The van der Waals surface area contributed by atoms with E-state index < -0.39 is 5.91 Å². The maximum atomic E-state index is 13.6. The van der Waals surface area contributed by atoms with Crippen LogP contribution in [0, 0.1) is 0 Å². The van der Waals surface area contributed by atoms with Gasteiger partial charge in [0.25, 0.3) is 5.91 Å². The Bertz CT molecular complexity index is 1260. The van der Waals surface area contributed by atoms with E-state index in [0.29, 0.717) is 28.1 Å². The molecule has 0 spiro atoms. The number of methoxy groups -OCH3 is 3. The summed E-state index contributed by atoms with van der Waals surface area (Å²) in [7, 11) is 4.48. The van der Waals surface area contributed by atoms with Gasteiger partial charge in [0.15, 0.2) is 11.5 Å². The number of nitrogens with zero attached hydrogens (tertiary/aromatic N) is 3. The van der Waals surface area contributed by atoms with Gasteiger partial charge in [0.1, 0.15) is 5.76 Å². The molecule has 4 rings (SSSR count). The molecule has 0 aliphatic rings. The number of rotatable bonds is 7. The molecule has 1 amide bonds. The summed E-state index contributed by atoms with van der Waals surface area (Å²) < 4.78 is 23.3. The van der Waals surface area contributed by atoms with Gasteiger partial charge in [-0.3, -0.25) is 4.79 Å². The Hall–Kier alpha value is -3.37. The van der Waals surface area contributed by atoms with Crippen LogP contribution < -0.4 is 19.2 Å². The highest BCUT2D eigenvalue weighted by Gasteiger charge is 2.24. The van der Waals surface area contributed by atoms with Crippen LogP contribution >= 0.6 is 27.3 Å². The molecule has 2 aromatic carbocycles. The maximum Gasteiger partial charge on any atom is 0.281 e. The minimum atomic E-state index is -0.426. The van der Waals surface area contributed by atoms with Crippen LogP contribution in [-0.4, -0.2) is 38.4 Å². The monoisotopic (exact) mass is 515 g/mol. The van der Waals surface area contributed by atoms with E-state index in [4.69, 9.17) is 18.6 Å². The van der Waals surface area contributed by atoms with Crippen LogP contribution in [0.1, 0.15) is 16.1 Å². The number of ether oxygens (including phenoxy) is 3. The molecule has 4 aromatic rings. The number of anilines is 1. The standard InChI is InChI=1S/C22H18BrN3O5S/c1-28-17-9-13(10-18(29-2)20(17)30-3)21(27)26(24-12-15-5-4-8-31-15)22-25-16-7-6-14(23)11-19(16)32-22/h4-12H,1-3H3/b24-12+. The van der Waals surface area contributed by atoms with Gasteiger partial charge >= 0.3 is 0 Å². The molecule has 0 aliphatic heterocycles. The molecular weight excluding hydrogens is 498 g/mol. The molecule has 0 atom stereocenters. The fraction of sp³-hybridized carbons (Fsp3) is 0.136. The minimum absolute atomic E-state index is 0.288. The van der Waals surface area contributed by atoms with Crippen LogP contribution in [-0.2, 0) is 0 Å². The van der Waals surface area contributed by atoms with E-state index in [1.54, 1.807) is 24.3 Å². The Morgan fingerprint density at radius 3 is 2.50 bits per heavy atom.